The molecule has 94 valence electrons. The Balaban J connectivity index is 3.81. The molecule has 0 spiro atoms. The van der Waals surface area contributed by atoms with E-state index in [1.165, 1.54) is 6.92 Å². The topological polar surface area (TPSA) is 55.4 Å². The van der Waals surface area contributed by atoms with Crippen LogP contribution in [0.25, 0.3) is 0 Å². The Morgan fingerprint density at radius 3 is 2.38 bits per heavy atom. The van der Waals surface area contributed by atoms with Crippen molar-refractivity contribution < 1.29 is 14.3 Å². The molecular weight excluding hydrogens is 206 g/mol. The zero-order chi connectivity index (χ0) is 12.4. The molecule has 1 unspecified atom stereocenters. The molecule has 0 rings (SSSR count). The Bertz CT molecular complexity index is 216. The molecule has 1 atom stereocenters. The summed E-state index contributed by atoms with van der Waals surface area (Å²) in [7, 11) is 1.63. The zero-order valence-corrected chi connectivity index (χ0v) is 10.5. The second-order valence-electron chi connectivity index (χ2n) is 3.94. The first-order valence-corrected chi connectivity index (χ1v) is 5.98. The fourth-order valence-corrected chi connectivity index (χ4v) is 1.54. The summed E-state index contributed by atoms with van der Waals surface area (Å²) in [6, 6.07) is 0. The van der Waals surface area contributed by atoms with Crippen molar-refractivity contribution in [1.29, 1.82) is 0 Å². The van der Waals surface area contributed by atoms with Gasteiger partial charge in [-0.1, -0.05) is 19.8 Å². The Labute approximate surface area is 97.7 Å². The Morgan fingerprint density at radius 2 is 1.88 bits per heavy atom. The van der Waals surface area contributed by atoms with Gasteiger partial charge in [0.2, 0.25) is 5.91 Å². The summed E-state index contributed by atoms with van der Waals surface area (Å²) in [5.74, 6) is -0.196. The minimum atomic E-state index is -0.235. The third-order valence-electron chi connectivity index (χ3n) is 2.42. The van der Waals surface area contributed by atoms with Crippen molar-refractivity contribution in [3.8, 4) is 0 Å². The van der Waals surface area contributed by atoms with E-state index in [2.05, 4.69) is 12.2 Å². The average Bonchev–Trinajstić information content (AvgIpc) is 2.24. The average molecular weight is 229 g/mol. The molecule has 0 aromatic carbocycles. The summed E-state index contributed by atoms with van der Waals surface area (Å²) in [5, 5.41) is 2.58. The highest BCUT2D eigenvalue weighted by Gasteiger charge is 2.11. The molecule has 0 bridgehead atoms. The van der Waals surface area contributed by atoms with Crippen LogP contribution in [-0.4, -0.2) is 25.0 Å². The fourth-order valence-electron chi connectivity index (χ4n) is 1.54. The maximum absolute atomic E-state index is 11.0. The Morgan fingerprint density at radius 1 is 1.25 bits per heavy atom. The lowest BCUT2D eigenvalue weighted by atomic mass is 10.1. The van der Waals surface area contributed by atoms with Crippen LogP contribution in [0.5, 0.6) is 0 Å². The molecule has 0 heterocycles. The highest BCUT2D eigenvalue weighted by molar-refractivity contribution is 5.75. The van der Waals surface area contributed by atoms with Crippen molar-refractivity contribution in [2.24, 2.45) is 0 Å². The standard InChI is InChI=1S/C12H23NO3/c1-4-5-7-11(16-10(2)14)8-6-9-12(15)13-3/h11H,4-9H2,1-3H3,(H,13,15). The largest absolute Gasteiger partial charge is 0.463 e. The minimum absolute atomic E-state index is 0.0258. The van der Waals surface area contributed by atoms with Gasteiger partial charge in [0.25, 0.3) is 0 Å². The van der Waals surface area contributed by atoms with Crippen molar-refractivity contribution in [3.05, 3.63) is 0 Å². The quantitative estimate of drug-likeness (QED) is 0.648. The molecule has 0 saturated heterocycles. The SMILES string of the molecule is CCCCC(CCCC(=O)NC)OC(C)=O. The van der Waals surface area contributed by atoms with Gasteiger partial charge >= 0.3 is 5.97 Å². The molecule has 1 N–H and O–H groups in total. The maximum atomic E-state index is 11.0. The first kappa shape index (κ1) is 14.9. The van der Waals surface area contributed by atoms with Crippen LogP contribution in [0.2, 0.25) is 0 Å². The van der Waals surface area contributed by atoms with Crippen LogP contribution in [0, 0.1) is 0 Å². The third kappa shape index (κ3) is 8.26. The molecule has 0 radical (unpaired) electrons. The molecule has 0 aliphatic carbocycles. The smallest absolute Gasteiger partial charge is 0.302 e. The zero-order valence-electron chi connectivity index (χ0n) is 10.5. The van der Waals surface area contributed by atoms with Gasteiger partial charge in [-0.3, -0.25) is 9.59 Å². The number of amides is 1. The number of carbonyl (C=O) groups excluding carboxylic acids is 2. The third-order valence-corrected chi connectivity index (χ3v) is 2.42. The maximum Gasteiger partial charge on any atom is 0.302 e. The van der Waals surface area contributed by atoms with Crippen LogP contribution < -0.4 is 5.32 Å². The second-order valence-corrected chi connectivity index (χ2v) is 3.94. The van der Waals surface area contributed by atoms with Crippen LogP contribution in [0.15, 0.2) is 0 Å². The molecular formula is C12H23NO3. The molecule has 1 amide bonds. The van der Waals surface area contributed by atoms with Crippen molar-refractivity contribution in [1.82, 2.24) is 5.32 Å². The van der Waals surface area contributed by atoms with Gasteiger partial charge < -0.3 is 10.1 Å². The van der Waals surface area contributed by atoms with Crippen LogP contribution >= 0.6 is 0 Å². The van der Waals surface area contributed by atoms with Gasteiger partial charge in [-0.25, -0.2) is 0 Å². The van der Waals surface area contributed by atoms with Gasteiger partial charge in [0, 0.05) is 20.4 Å². The van der Waals surface area contributed by atoms with E-state index in [0.717, 1.165) is 32.1 Å². The summed E-state index contributed by atoms with van der Waals surface area (Å²) < 4.78 is 5.20. The van der Waals surface area contributed by atoms with E-state index >= 15 is 0 Å². The second kappa shape index (κ2) is 9.19. The van der Waals surface area contributed by atoms with Crippen LogP contribution in [0.3, 0.4) is 0 Å². The van der Waals surface area contributed by atoms with Gasteiger partial charge in [-0.2, -0.15) is 0 Å². The number of unbranched alkanes of at least 4 members (excludes halogenated alkanes) is 1. The van der Waals surface area contributed by atoms with Gasteiger partial charge in [0.1, 0.15) is 6.10 Å². The number of carbonyl (C=O) groups is 2. The summed E-state index contributed by atoms with van der Waals surface area (Å²) >= 11 is 0. The fraction of sp³-hybridized carbons (Fsp3) is 0.833. The van der Waals surface area contributed by atoms with Crippen molar-refractivity contribution in [2.75, 3.05) is 7.05 Å². The summed E-state index contributed by atoms with van der Waals surface area (Å²) in [5.41, 5.74) is 0. The lowest BCUT2D eigenvalue weighted by Crippen LogP contribution is -2.20. The van der Waals surface area contributed by atoms with E-state index in [9.17, 15) is 9.59 Å². The number of hydrogen-bond donors (Lipinski definition) is 1. The number of nitrogens with one attached hydrogen (secondary N) is 1. The van der Waals surface area contributed by atoms with E-state index in [1.54, 1.807) is 7.05 Å². The Hall–Kier alpha value is -1.06. The summed E-state index contributed by atoms with van der Waals surface area (Å²) in [4.78, 5) is 21.9. The van der Waals surface area contributed by atoms with E-state index in [4.69, 9.17) is 4.74 Å². The normalized spacial score (nSPS) is 11.9. The minimum Gasteiger partial charge on any atom is -0.463 e. The molecule has 0 saturated carbocycles. The Kier molecular flexibility index (Phi) is 8.58. The number of esters is 1. The predicted molar refractivity (Wildman–Crippen MR) is 63.0 cm³/mol. The molecule has 0 aromatic rings. The van der Waals surface area contributed by atoms with Gasteiger partial charge in [0.15, 0.2) is 0 Å². The summed E-state index contributed by atoms with van der Waals surface area (Å²) in [6.45, 7) is 3.53. The van der Waals surface area contributed by atoms with Crippen LogP contribution in [-0.2, 0) is 14.3 Å². The first-order chi connectivity index (χ1) is 7.60. The monoisotopic (exact) mass is 229 g/mol. The van der Waals surface area contributed by atoms with Crippen molar-refractivity contribution >= 4 is 11.9 Å². The van der Waals surface area contributed by atoms with Crippen LogP contribution in [0.4, 0.5) is 0 Å². The van der Waals surface area contributed by atoms with Crippen molar-refractivity contribution in [3.63, 3.8) is 0 Å². The van der Waals surface area contributed by atoms with E-state index in [0.29, 0.717) is 6.42 Å². The highest BCUT2D eigenvalue weighted by atomic mass is 16.5. The van der Waals surface area contributed by atoms with E-state index in [-0.39, 0.29) is 18.0 Å². The molecule has 0 aliphatic rings. The van der Waals surface area contributed by atoms with Crippen molar-refractivity contribution in [2.45, 2.75) is 58.5 Å². The lowest BCUT2D eigenvalue weighted by molar-refractivity contribution is -0.147. The molecule has 4 heteroatoms. The molecule has 4 nitrogen and oxygen atoms in total. The van der Waals surface area contributed by atoms with Crippen LogP contribution in [0.1, 0.15) is 52.4 Å². The molecule has 0 fully saturated rings. The number of hydrogen-bond acceptors (Lipinski definition) is 3. The number of ether oxygens (including phenoxy) is 1. The highest BCUT2D eigenvalue weighted by Crippen LogP contribution is 2.12. The summed E-state index contributed by atoms with van der Waals surface area (Å²) in [6.07, 6.45) is 5.05. The van der Waals surface area contributed by atoms with Gasteiger partial charge in [0.05, 0.1) is 0 Å². The van der Waals surface area contributed by atoms with Gasteiger partial charge in [-0.15, -0.1) is 0 Å². The molecule has 16 heavy (non-hydrogen) atoms. The molecule has 0 aromatic heterocycles. The van der Waals surface area contributed by atoms with Gasteiger partial charge in [-0.05, 0) is 19.3 Å². The van der Waals surface area contributed by atoms with E-state index in [1.807, 2.05) is 0 Å². The van der Waals surface area contributed by atoms with E-state index < -0.39 is 0 Å². The lowest BCUT2D eigenvalue weighted by Gasteiger charge is -2.16. The predicted octanol–water partition coefficient (Wildman–Crippen LogP) is 2.02. The number of rotatable bonds is 8. The molecule has 0 aliphatic heterocycles. The first-order valence-electron chi connectivity index (χ1n) is 5.98.